The number of aryl methyl sites for hydroxylation is 1. The van der Waals surface area contributed by atoms with Gasteiger partial charge in [-0.15, -0.1) is 0 Å². The third kappa shape index (κ3) is 3.56. The van der Waals surface area contributed by atoms with E-state index in [0.717, 1.165) is 13.1 Å². The zero-order valence-electron chi connectivity index (χ0n) is 19.2. The molecule has 1 amide bonds. The van der Waals surface area contributed by atoms with Crippen LogP contribution in [0.2, 0.25) is 5.02 Å². The number of benzene rings is 3. The highest BCUT2D eigenvalue weighted by molar-refractivity contribution is 6.33. The summed E-state index contributed by atoms with van der Waals surface area (Å²) in [7, 11) is 0. The van der Waals surface area contributed by atoms with Gasteiger partial charge in [-0.2, -0.15) is 0 Å². The average Bonchev–Trinajstić information content (AvgIpc) is 3.42. The Kier molecular flexibility index (Phi) is 5.43. The van der Waals surface area contributed by atoms with E-state index in [2.05, 4.69) is 58.6 Å². The van der Waals surface area contributed by atoms with Crippen molar-refractivity contribution in [1.29, 1.82) is 0 Å². The summed E-state index contributed by atoms with van der Waals surface area (Å²) in [6.07, 6.45) is 0. The molecule has 1 aromatic heterocycles. The number of halogens is 2. The van der Waals surface area contributed by atoms with Crippen LogP contribution < -0.4 is 0 Å². The van der Waals surface area contributed by atoms with E-state index < -0.39 is 5.82 Å². The highest BCUT2D eigenvalue weighted by Crippen LogP contribution is 2.46. The van der Waals surface area contributed by atoms with Crippen molar-refractivity contribution in [2.24, 2.45) is 0 Å². The predicted molar refractivity (Wildman–Crippen MR) is 133 cm³/mol. The van der Waals surface area contributed by atoms with Crippen LogP contribution >= 0.6 is 11.6 Å². The Balaban J connectivity index is 1.26. The van der Waals surface area contributed by atoms with Crippen LogP contribution in [0, 0.1) is 12.7 Å². The van der Waals surface area contributed by atoms with E-state index in [1.54, 1.807) is 17.9 Å². The minimum absolute atomic E-state index is 0.0900. The van der Waals surface area contributed by atoms with Gasteiger partial charge in [0.1, 0.15) is 22.8 Å². The third-order valence-corrected chi connectivity index (χ3v) is 7.36. The Morgan fingerprint density at radius 2 is 1.57 bits per heavy atom. The molecule has 5 nitrogen and oxygen atoms in total. The van der Waals surface area contributed by atoms with E-state index in [1.165, 1.54) is 34.4 Å². The lowest BCUT2D eigenvalue weighted by molar-refractivity contribution is 0.0599. The first-order chi connectivity index (χ1) is 17.0. The molecule has 1 saturated heterocycles. The quantitative estimate of drug-likeness (QED) is 0.357. The lowest BCUT2D eigenvalue weighted by Gasteiger charge is -2.38. The summed E-state index contributed by atoms with van der Waals surface area (Å²) in [5.41, 5.74) is 5.67. The van der Waals surface area contributed by atoms with Crippen LogP contribution in [-0.2, 0) is 0 Å². The van der Waals surface area contributed by atoms with E-state index in [4.69, 9.17) is 16.1 Å². The molecule has 6 rings (SSSR count). The first kappa shape index (κ1) is 22.0. The number of carbonyl (C=O) groups is 1. The summed E-state index contributed by atoms with van der Waals surface area (Å²) in [6.45, 7) is 4.21. The van der Waals surface area contributed by atoms with E-state index in [1.807, 2.05) is 0 Å². The fraction of sp³-hybridized carbons (Fsp3) is 0.214. The van der Waals surface area contributed by atoms with Crippen molar-refractivity contribution in [3.8, 4) is 22.4 Å². The molecule has 2 aliphatic rings. The van der Waals surface area contributed by atoms with Gasteiger partial charge in [0.05, 0.1) is 16.6 Å². The molecular weight excluding hydrogens is 465 g/mol. The van der Waals surface area contributed by atoms with Crippen molar-refractivity contribution in [2.75, 3.05) is 26.2 Å². The Labute approximate surface area is 207 Å². The van der Waals surface area contributed by atoms with E-state index >= 15 is 0 Å². The number of nitrogens with zero attached hydrogens (tertiary/aromatic N) is 3. The number of rotatable bonds is 3. The molecule has 4 aromatic rings. The Hall–Kier alpha value is -3.48. The van der Waals surface area contributed by atoms with Gasteiger partial charge in [-0.25, -0.2) is 4.39 Å². The first-order valence-electron chi connectivity index (χ1n) is 11.7. The highest BCUT2D eigenvalue weighted by atomic mass is 35.5. The summed E-state index contributed by atoms with van der Waals surface area (Å²) >= 11 is 6.26. The van der Waals surface area contributed by atoms with Crippen molar-refractivity contribution < 1.29 is 13.7 Å². The van der Waals surface area contributed by atoms with Crippen LogP contribution in [0.1, 0.15) is 33.3 Å². The number of aromatic nitrogens is 1. The third-order valence-electron chi connectivity index (χ3n) is 7.04. The molecule has 176 valence electrons. The van der Waals surface area contributed by atoms with Gasteiger partial charge in [0, 0.05) is 26.2 Å². The van der Waals surface area contributed by atoms with E-state index in [0.29, 0.717) is 18.8 Å². The number of hydrogen-bond donors (Lipinski definition) is 0. The minimum Gasteiger partial charge on any atom is -0.360 e. The fourth-order valence-electron chi connectivity index (χ4n) is 5.38. The highest BCUT2D eigenvalue weighted by Gasteiger charge is 2.36. The maximum atomic E-state index is 14.6. The van der Waals surface area contributed by atoms with Crippen molar-refractivity contribution in [1.82, 2.24) is 15.0 Å². The van der Waals surface area contributed by atoms with Crippen LogP contribution in [-0.4, -0.2) is 47.0 Å². The molecule has 0 atom stereocenters. The molecule has 7 heteroatoms. The maximum Gasteiger partial charge on any atom is 0.259 e. The molecule has 1 fully saturated rings. The monoisotopic (exact) mass is 487 g/mol. The fourth-order valence-corrected chi connectivity index (χ4v) is 5.63. The Bertz CT molecular complexity index is 1380. The number of amides is 1. The van der Waals surface area contributed by atoms with Crippen molar-refractivity contribution in [3.63, 3.8) is 0 Å². The van der Waals surface area contributed by atoms with Gasteiger partial charge < -0.3 is 9.42 Å². The van der Waals surface area contributed by atoms with Gasteiger partial charge >= 0.3 is 0 Å². The summed E-state index contributed by atoms with van der Waals surface area (Å²) in [5, 5.41) is 4.18. The molecule has 0 bridgehead atoms. The van der Waals surface area contributed by atoms with Gasteiger partial charge in [-0.1, -0.05) is 71.4 Å². The van der Waals surface area contributed by atoms with Crippen molar-refractivity contribution in [2.45, 2.75) is 13.0 Å². The van der Waals surface area contributed by atoms with Gasteiger partial charge in [-0.05, 0) is 41.3 Å². The molecule has 1 aliphatic heterocycles. The molecular formula is C28H23ClFN3O2. The lowest BCUT2D eigenvalue weighted by atomic mass is 10.0. The summed E-state index contributed by atoms with van der Waals surface area (Å²) in [4.78, 5) is 17.8. The molecule has 1 aliphatic carbocycles. The standard InChI is InChI=1S/C28H23ClFN3O2/c1-17-24(26(31-35-17)25-22(29)11-6-12-23(25)30)28(34)33-15-13-32(14-16-33)27-20-9-4-2-7-18(20)19-8-3-5-10-21(19)27/h2-12,27H,13-16H2,1H3. The van der Waals surface area contributed by atoms with Crippen molar-refractivity contribution in [3.05, 3.63) is 100 Å². The second kappa shape index (κ2) is 8.63. The van der Waals surface area contributed by atoms with Crippen LogP contribution in [0.3, 0.4) is 0 Å². The lowest BCUT2D eigenvalue weighted by Crippen LogP contribution is -2.49. The van der Waals surface area contributed by atoms with Gasteiger partial charge in [0.2, 0.25) is 0 Å². The van der Waals surface area contributed by atoms with E-state index in [9.17, 15) is 9.18 Å². The topological polar surface area (TPSA) is 49.6 Å². The Morgan fingerprint density at radius 1 is 0.943 bits per heavy atom. The van der Waals surface area contributed by atoms with Gasteiger partial charge in [0.25, 0.3) is 5.91 Å². The van der Waals surface area contributed by atoms with Crippen molar-refractivity contribution >= 4 is 17.5 Å². The summed E-state index contributed by atoms with van der Waals surface area (Å²) < 4.78 is 19.9. The first-order valence-corrected chi connectivity index (χ1v) is 12.0. The largest absolute Gasteiger partial charge is 0.360 e. The molecule has 2 heterocycles. The molecule has 0 saturated carbocycles. The zero-order chi connectivity index (χ0) is 24.1. The van der Waals surface area contributed by atoms with E-state index in [-0.39, 0.29) is 33.8 Å². The normalized spacial score (nSPS) is 15.8. The summed E-state index contributed by atoms with van der Waals surface area (Å²) in [6, 6.07) is 21.6. The van der Waals surface area contributed by atoms with Crippen LogP contribution in [0.4, 0.5) is 4.39 Å². The number of fused-ring (bicyclic) bond motifs is 3. The van der Waals surface area contributed by atoms with Gasteiger partial charge in [-0.3, -0.25) is 9.69 Å². The second-order valence-corrected chi connectivity index (χ2v) is 9.37. The second-order valence-electron chi connectivity index (χ2n) is 8.96. The zero-order valence-corrected chi connectivity index (χ0v) is 19.9. The van der Waals surface area contributed by atoms with Crippen LogP contribution in [0.15, 0.2) is 71.3 Å². The molecule has 0 radical (unpaired) electrons. The Morgan fingerprint density at radius 3 is 2.20 bits per heavy atom. The van der Waals surface area contributed by atoms with Gasteiger partial charge in [0.15, 0.2) is 0 Å². The number of piperazine rings is 1. The summed E-state index contributed by atoms with van der Waals surface area (Å²) in [5.74, 6) is -0.404. The predicted octanol–water partition coefficient (Wildman–Crippen LogP) is 5.97. The smallest absolute Gasteiger partial charge is 0.259 e. The number of hydrogen-bond acceptors (Lipinski definition) is 4. The molecule has 0 N–H and O–H groups in total. The molecule has 3 aromatic carbocycles. The number of carbonyl (C=O) groups excluding carboxylic acids is 1. The molecule has 0 spiro atoms. The minimum atomic E-state index is -0.539. The SMILES string of the molecule is Cc1onc(-c2c(F)cccc2Cl)c1C(=O)N1CCN(C2c3ccccc3-c3ccccc32)CC1. The van der Waals surface area contributed by atoms with Crippen LogP contribution in [0.5, 0.6) is 0 Å². The average molecular weight is 488 g/mol. The maximum absolute atomic E-state index is 14.6. The molecule has 0 unspecified atom stereocenters. The van der Waals surface area contributed by atoms with Crippen LogP contribution in [0.25, 0.3) is 22.4 Å². The molecule has 35 heavy (non-hydrogen) atoms.